The van der Waals surface area contributed by atoms with Gasteiger partial charge in [-0.05, 0) is 47.7 Å². The summed E-state index contributed by atoms with van der Waals surface area (Å²) < 4.78 is 10.7. The number of carbonyl (C=O) groups excluding carboxylic acids is 2. The summed E-state index contributed by atoms with van der Waals surface area (Å²) in [5.41, 5.74) is 9.37. The second-order valence-electron chi connectivity index (χ2n) is 7.41. The van der Waals surface area contributed by atoms with Crippen molar-refractivity contribution in [3.05, 3.63) is 107 Å². The average molecular weight is 430 g/mol. The quantitative estimate of drug-likeness (QED) is 0.376. The molecule has 1 amide bonds. The van der Waals surface area contributed by atoms with Gasteiger partial charge in [0.05, 0.1) is 13.0 Å². The summed E-state index contributed by atoms with van der Waals surface area (Å²) in [5.74, 6) is -0.714. The predicted octanol–water partition coefficient (Wildman–Crippen LogP) is 4.65. The fourth-order valence-corrected chi connectivity index (χ4v) is 3.44. The minimum absolute atomic E-state index is 0.381. The number of carbonyl (C=O) groups is 2. The topological polar surface area (TPSA) is 78.6 Å². The first-order valence-corrected chi connectivity index (χ1v) is 10.5. The zero-order valence-corrected chi connectivity index (χ0v) is 18.1. The molecule has 0 aliphatic heterocycles. The molecule has 1 unspecified atom stereocenters. The van der Waals surface area contributed by atoms with Crippen molar-refractivity contribution in [2.45, 2.75) is 25.4 Å². The van der Waals surface area contributed by atoms with Crippen molar-refractivity contribution >= 4 is 18.0 Å². The Labute approximate surface area is 188 Å². The molecule has 2 N–H and O–H groups in total. The number of primary amides is 1. The summed E-state index contributed by atoms with van der Waals surface area (Å²) in [4.78, 5) is 23.9. The van der Waals surface area contributed by atoms with Crippen LogP contribution in [-0.2, 0) is 27.4 Å². The van der Waals surface area contributed by atoms with Crippen LogP contribution in [0.3, 0.4) is 0 Å². The van der Waals surface area contributed by atoms with Crippen LogP contribution in [0.5, 0.6) is 5.75 Å². The Balaban J connectivity index is 1.84. The molecule has 0 saturated carbocycles. The Morgan fingerprint density at radius 2 is 1.59 bits per heavy atom. The number of amides is 1. The van der Waals surface area contributed by atoms with Gasteiger partial charge in [0.1, 0.15) is 12.4 Å². The van der Waals surface area contributed by atoms with Crippen molar-refractivity contribution in [1.82, 2.24) is 0 Å². The maximum atomic E-state index is 12.2. The van der Waals surface area contributed by atoms with Gasteiger partial charge in [0.25, 0.3) is 0 Å². The fourth-order valence-electron chi connectivity index (χ4n) is 3.44. The third-order valence-corrected chi connectivity index (χ3v) is 5.18. The first kappa shape index (κ1) is 22.8. The van der Waals surface area contributed by atoms with Crippen LogP contribution in [0.1, 0.15) is 34.6 Å². The fraction of sp³-hybridized carbons (Fsp3) is 0.185. The number of ether oxygens (including phenoxy) is 2. The van der Waals surface area contributed by atoms with Crippen molar-refractivity contribution in [3.63, 3.8) is 0 Å². The van der Waals surface area contributed by atoms with E-state index in [1.54, 1.807) is 6.08 Å². The molecule has 0 bridgehead atoms. The number of aryl methyl sites for hydroxylation is 1. The molecular weight excluding hydrogens is 402 g/mol. The van der Waals surface area contributed by atoms with E-state index in [0.29, 0.717) is 24.3 Å². The minimum Gasteiger partial charge on any atom is -0.488 e. The third kappa shape index (κ3) is 6.57. The molecule has 0 aromatic heterocycles. The molecule has 0 heterocycles. The van der Waals surface area contributed by atoms with Crippen LogP contribution in [0.25, 0.3) is 6.08 Å². The third-order valence-electron chi connectivity index (χ3n) is 5.18. The van der Waals surface area contributed by atoms with E-state index in [9.17, 15) is 9.59 Å². The van der Waals surface area contributed by atoms with Crippen LogP contribution in [0.15, 0.2) is 84.9 Å². The highest BCUT2D eigenvalue weighted by Crippen LogP contribution is 2.29. The number of benzene rings is 3. The average Bonchev–Trinajstić information content (AvgIpc) is 2.83. The van der Waals surface area contributed by atoms with Crippen molar-refractivity contribution < 1.29 is 19.1 Å². The first-order valence-electron chi connectivity index (χ1n) is 10.5. The number of esters is 1. The van der Waals surface area contributed by atoms with Gasteiger partial charge in [0.15, 0.2) is 0 Å². The van der Waals surface area contributed by atoms with E-state index in [1.165, 1.54) is 13.2 Å². The second-order valence-corrected chi connectivity index (χ2v) is 7.41. The van der Waals surface area contributed by atoms with E-state index in [0.717, 1.165) is 23.1 Å². The lowest BCUT2D eigenvalue weighted by Gasteiger charge is -2.17. The standard InChI is InChI=1S/C27H27NO4/c1-31-26(29)17-14-23-18-22(13-16-25(23)32-19-21-10-6-3-7-11-21)24(27(28)30)15-12-20-8-4-2-5-9-20/h2-11,13-14,16-18,24H,12,15,19H2,1H3,(H2,28,30)/b17-14+. The van der Waals surface area contributed by atoms with Crippen LogP contribution in [0.2, 0.25) is 0 Å². The van der Waals surface area contributed by atoms with E-state index < -0.39 is 11.9 Å². The Morgan fingerprint density at radius 1 is 0.938 bits per heavy atom. The molecule has 0 aliphatic carbocycles. The summed E-state index contributed by atoms with van der Waals surface area (Å²) in [6.07, 6.45) is 4.28. The largest absolute Gasteiger partial charge is 0.488 e. The van der Waals surface area contributed by atoms with Crippen LogP contribution < -0.4 is 10.5 Å². The lowest BCUT2D eigenvalue weighted by Crippen LogP contribution is -2.22. The summed E-state index contributed by atoms with van der Waals surface area (Å²) in [7, 11) is 1.32. The van der Waals surface area contributed by atoms with Gasteiger partial charge in [-0.1, -0.05) is 66.7 Å². The molecule has 0 fully saturated rings. The van der Waals surface area contributed by atoms with E-state index >= 15 is 0 Å². The lowest BCUT2D eigenvalue weighted by molar-refractivity contribution is -0.134. The molecule has 0 aliphatic rings. The zero-order chi connectivity index (χ0) is 22.8. The number of rotatable bonds is 10. The Hall–Kier alpha value is -3.86. The van der Waals surface area contributed by atoms with E-state index in [4.69, 9.17) is 15.2 Å². The summed E-state index contributed by atoms with van der Waals surface area (Å²) in [6.45, 7) is 0.381. The Morgan fingerprint density at radius 3 is 2.22 bits per heavy atom. The monoisotopic (exact) mass is 429 g/mol. The minimum atomic E-state index is -0.472. The van der Waals surface area contributed by atoms with Gasteiger partial charge in [-0.25, -0.2) is 4.79 Å². The predicted molar refractivity (Wildman–Crippen MR) is 125 cm³/mol. The number of nitrogens with two attached hydrogens (primary N) is 1. The van der Waals surface area contributed by atoms with Gasteiger partial charge in [0.2, 0.25) is 5.91 Å². The van der Waals surface area contributed by atoms with Crippen LogP contribution >= 0.6 is 0 Å². The molecule has 3 aromatic rings. The maximum Gasteiger partial charge on any atom is 0.330 e. The van der Waals surface area contributed by atoms with Crippen LogP contribution in [0, 0.1) is 0 Å². The molecule has 1 atom stereocenters. The molecule has 32 heavy (non-hydrogen) atoms. The van der Waals surface area contributed by atoms with Crippen molar-refractivity contribution in [1.29, 1.82) is 0 Å². The zero-order valence-electron chi connectivity index (χ0n) is 18.1. The molecule has 3 aromatic carbocycles. The maximum absolute atomic E-state index is 12.2. The van der Waals surface area contributed by atoms with Gasteiger partial charge in [-0.2, -0.15) is 0 Å². The summed E-state index contributed by atoms with van der Waals surface area (Å²) in [6, 6.07) is 25.3. The van der Waals surface area contributed by atoms with Gasteiger partial charge in [-0.3, -0.25) is 4.79 Å². The van der Waals surface area contributed by atoms with E-state index in [2.05, 4.69) is 0 Å². The highest BCUT2D eigenvalue weighted by Gasteiger charge is 2.19. The SMILES string of the molecule is COC(=O)/C=C/c1cc(C(CCc2ccccc2)C(N)=O)ccc1OCc1ccccc1. The number of methoxy groups -OCH3 is 1. The van der Waals surface area contributed by atoms with Gasteiger partial charge >= 0.3 is 5.97 Å². The van der Waals surface area contributed by atoms with Gasteiger partial charge in [0, 0.05) is 11.6 Å². The van der Waals surface area contributed by atoms with Crippen molar-refractivity contribution in [3.8, 4) is 5.75 Å². The highest BCUT2D eigenvalue weighted by atomic mass is 16.5. The van der Waals surface area contributed by atoms with Crippen molar-refractivity contribution in [2.75, 3.05) is 7.11 Å². The smallest absolute Gasteiger partial charge is 0.330 e. The molecule has 164 valence electrons. The molecule has 5 nitrogen and oxygen atoms in total. The van der Waals surface area contributed by atoms with E-state index in [-0.39, 0.29) is 5.91 Å². The molecule has 0 saturated heterocycles. The second kappa shape index (κ2) is 11.5. The normalized spacial score (nSPS) is 11.8. The first-order chi connectivity index (χ1) is 15.6. The number of hydrogen-bond donors (Lipinski definition) is 1. The molecular formula is C27H27NO4. The van der Waals surface area contributed by atoms with Crippen molar-refractivity contribution in [2.24, 2.45) is 5.73 Å². The Bertz CT molecular complexity index is 1060. The summed E-state index contributed by atoms with van der Waals surface area (Å²) >= 11 is 0. The Kier molecular flexibility index (Phi) is 8.21. The molecule has 0 spiro atoms. The van der Waals surface area contributed by atoms with Gasteiger partial charge in [-0.15, -0.1) is 0 Å². The number of hydrogen-bond acceptors (Lipinski definition) is 4. The van der Waals surface area contributed by atoms with E-state index in [1.807, 2.05) is 78.9 Å². The molecule has 5 heteroatoms. The highest BCUT2D eigenvalue weighted by molar-refractivity contribution is 5.88. The molecule has 3 rings (SSSR count). The van der Waals surface area contributed by atoms with Crippen LogP contribution in [0.4, 0.5) is 0 Å². The van der Waals surface area contributed by atoms with Gasteiger partial charge < -0.3 is 15.2 Å². The molecule has 0 radical (unpaired) electrons. The lowest BCUT2D eigenvalue weighted by atomic mass is 9.90. The summed E-state index contributed by atoms with van der Waals surface area (Å²) in [5, 5.41) is 0. The van der Waals surface area contributed by atoms with Crippen LogP contribution in [-0.4, -0.2) is 19.0 Å².